The third-order valence-electron chi connectivity index (χ3n) is 3.67. The molecule has 0 unspecified atom stereocenters. The standard InChI is InChI=1S/C17H17N3O3/c1-11-16(12-6-8-18-9-7-12)19-17(20(11)21)13-4-5-14(22-2)15(10-13)23-3/h4-10,21H,1-3H3. The molecular formula is C17H17N3O3. The lowest BCUT2D eigenvalue weighted by atomic mass is 10.2. The first-order valence-electron chi connectivity index (χ1n) is 7.07. The second-order valence-corrected chi connectivity index (χ2v) is 4.99. The maximum Gasteiger partial charge on any atom is 0.176 e. The van der Waals surface area contributed by atoms with E-state index in [-0.39, 0.29) is 0 Å². The fourth-order valence-corrected chi connectivity index (χ4v) is 2.44. The number of hydrogen-bond donors (Lipinski definition) is 1. The number of aromatic nitrogens is 3. The SMILES string of the molecule is COc1ccc(-c2nc(-c3ccncc3)c(C)n2O)cc1OC. The van der Waals surface area contributed by atoms with Gasteiger partial charge in [0.2, 0.25) is 0 Å². The summed E-state index contributed by atoms with van der Waals surface area (Å²) in [6, 6.07) is 9.10. The maximum atomic E-state index is 10.4. The monoisotopic (exact) mass is 311 g/mol. The number of ether oxygens (including phenoxy) is 2. The van der Waals surface area contributed by atoms with Crippen LogP contribution >= 0.6 is 0 Å². The van der Waals surface area contributed by atoms with Crippen LogP contribution in [0.1, 0.15) is 5.69 Å². The Morgan fingerprint density at radius 1 is 0.957 bits per heavy atom. The zero-order valence-electron chi connectivity index (χ0n) is 13.1. The zero-order chi connectivity index (χ0) is 16.4. The lowest BCUT2D eigenvalue weighted by molar-refractivity contribution is 0.185. The van der Waals surface area contributed by atoms with Crippen molar-refractivity contribution in [1.82, 2.24) is 14.7 Å². The molecule has 0 aliphatic heterocycles. The van der Waals surface area contributed by atoms with E-state index >= 15 is 0 Å². The van der Waals surface area contributed by atoms with Crippen LogP contribution in [-0.4, -0.2) is 34.1 Å². The number of imidazole rings is 1. The minimum absolute atomic E-state index is 0.440. The minimum Gasteiger partial charge on any atom is -0.493 e. The molecule has 0 saturated carbocycles. The Hall–Kier alpha value is -3.02. The molecule has 0 saturated heterocycles. The highest BCUT2D eigenvalue weighted by Gasteiger charge is 2.17. The molecule has 0 aliphatic rings. The Balaban J connectivity index is 2.11. The predicted octanol–water partition coefficient (Wildman–Crippen LogP) is 3.18. The fourth-order valence-electron chi connectivity index (χ4n) is 2.44. The van der Waals surface area contributed by atoms with Crippen molar-refractivity contribution in [3.63, 3.8) is 0 Å². The molecule has 0 atom stereocenters. The van der Waals surface area contributed by atoms with E-state index < -0.39 is 0 Å². The molecule has 1 aromatic carbocycles. The summed E-state index contributed by atoms with van der Waals surface area (Å²) < 4.78 is 11.6. The van der Waals surface area contributed by atoms with E-state index in [1.54, 1.807) is 38.7 Å². The van der Waals surface area contributed by atoms with Crippen LogP contribution in [0.15, 0.2) is 42.7 Å². The van der Waals surface area contributed by atoms with E-state index in [1.807, 2.05) is 25.1 Å². The Morgan fingerprint density at radius 3 is 2.30 bits per heavy atom. The summed E-state index contributed by atoms with van der Waals surface area (Å²) in [6.45, 7) is 1.81. The van der Waals surface area contributed by atoms with Gasteiger partial charge in [-0.05, 0) is 37.3 Å². The van der Waals surface area contributed by atoms with Gasteiger partial charge in [-0.15, -0.1) is 0 Å². The van der Waals surface area contributed by atoms with Gasteiger partial charge < -0.3 is 14.7 Å². The molecule has 2 heterocycles. The Bertz CT molecular complexity index is 829. The minimum atomic E-state index is 0.440. The second-order valence-electron chi connectivity index (χ2n) is 4.99. The van der Waals surface area contributed by atoms with Crippen LogP contribution in [0.25, 0.3) is 22.6 Å². The van der Waals surface area contributed by atoms with Crippen LogP contribution < -0.4 is 9.47 Å². The second kappa shape index (κ2) is 6.00. The summed E-state index contributed by atoms with van der Waals surface area (Å²) in [5.74, 6) is 1.64. The summed E-state index contributed by atoms with van der Waals surface area (Å²) in [7, 11) is 3.15. The fraction of sp³-hybridized carbons (Fsp3) is 0.176. The summed E-state index contributed by atoms with van der Waals surface area (Å²) in [5, 5.41) is 10.4. The van der Waals surface area contributed by atoms with Crippen molar-refractivity contribution in [3.05, 3.63) is 48.4 Å². The number of nitrogens with zero attached hydrogens (tertiary/aromatic N) is 3. The first-order chi connectivity index (χ1) is 11.2. The molecule has 3 aromatic rings. The van der Waals surface area contributed by atoms with Gasteiger partial charge in [0.1, 0.15) is 0 Å². The number of pyridine rings is 1. The smallest absolute Gasteiger partial charge is 0.176 e. The largest absolute Gasteiger partial charge is 0.493 e. The van der Waals surface area contributed by atoms with Crippen molar-refractivity contribution in [2.45, 2.75) is 6.92 Å². The average Bonchev–Trinajstić information content (AvgIpc) is 2.90. The maximum absolute atomic E-state index is 10.4. The van der Waals surface area contributed by atoms with E-state index in [1.165, 1.54) is 0 Å². The van der Waals surface area contributed by atoms with Crippen LogP contribution in [0, 0.1) is 6.92 Å². The average molecular weight is 311 g/mol. The number of benzene rings is 1. The molecule has 0 spiro atoms. The van der Waals surface area contributed by atoms with Gasteiger partial charge in [0, 0.05) is 23.5 Å². The van der Waals surface area contributed by atoms with Crippen molar-refractivity contribution in [2.75, 3.05) is 14.2 Å². The summed E-state index contributed by atoms with van der Waals surface area (Å²) in [4.78, 5) is 8.57. The first-order valence-corrected chi connectivity index (χ1v) is 7.07. The molecule has 6 nitrogen and oxygen atoms in total. The normalized spacial score (nSPS) is 10.6. The molecule has 2 aromatic heterocycles. The van der Waals surface area contributed by atoms with E-state index in [4.69, 9.17) is 9.47 Å². The topological polar surface area (TPSA) is 69.4 Å². The quantitative estimate of drug-likeness (QED) is 0.749. The van der Waals surface area contributed by atoms with Crippen molar-refractivity contribution in [2.24, 2.45) is 0 Å². The Kier molecular flexibility index (Phi) is 3.89. The number of rotatable bonds is 4. The number of methoxy groups -OCH3 is 2. The highest BCUT2D eigenvalue weighted by atomic mass is 16.5. The summed E-state index contributed by atoms with van der Waals surface area (Å²) in [6.07, 6.45) is 3.39. The third-order valence-corrected chi connectivity index (χ3v) is 3.67. The molecule has 0 radical (unpaired) electrons. The van der Waals surface area contributed by atoms with E-state index in [2.05, 4.69) is 9.97 Å². The molecular weight excluding hydrogens is 294 g/mol. The van der Waals surface area contributed by atoms with Gasteiger partial charge in [-0.25, -0.2) is 4.98 Å². The van der Waals surface area contributed by atoms with Gasteiger partial charge in [-0.2, -0.15) is 4.73 Å². The molecule has 6 heteroatoms. The molecule has 0 bridgehead atoms. The van der Waals surface area contributed by atoms with Gasteiger partial charge in [-0.3, -0.25) is 4.98 Å². The molecule has 0 amide bonds. The molecule has 3 rings (SSSR count). The van der Waals surface area contributed by atoms with Crippen LogP contribution in [0.2, 0.25) is 0 Å². The lowest BCUT2D eigenvalue weighted by Crippen LogP contribution is -1.97. The van der Waals surface area contributed by atoms with Crippen molar-refractivity contribution >= 4 is 0 Å². The zero-order valence-corrected chi connectivity index (χ0v) is 13.1. The molecule has 1 N–H and O–H groups in total. The van der Waals surface area contributed by atoms with Gasteiger partial charge in [0.05, 0.1) is 25.6 Å². The Morgan fingerprint density at radius 2 is 1.65 bits per heavy atom. The Labute approximate surface area is 133 Å². The van der Waals surface area contributed by atoms with Crippen LogP contribution in [0.4, 0.5) is 0 Å². The van der Waals surface area contributed by atoms with Crippen molar-refractivity contribution in [1.29, 1.82) is 0 Å². The highest BCUT2D eigenvalue weighted by molar-refractivity contribution is 5.69. The number of hydrogen-bond acceptors (Lipinski definition) is 5. The van der Waals surface area contributed by atoms with Crippen LogP contribution in [0.3, 0.4) is 0 Å². The van der Waals surface area contributed by atoms with Gasteiger partial charge in [-0.1, -0.05) is 0 Å². The van der Waals surface area contributed by atoms with Gasteiger partial charge in [0.15, 0.2) is 17.3 Å². The first kappa shape index (κ1) is 14.9. The molecule has 23 heavy (non-hydrogen) atoms. The van der Waals surface area contributed by atoms with E-state index in [0.717, 1.165) is 15.9 Å². The predicted molar refractivity (Wildman–Crippen MR) is 85.9 cm³/mol. The van der Waals surface area contributed by atoms with E-state index in [0.29, 0.717) is 28.7 Å². The van der Waals surface area contributed by atoms with Crippen LogP contribution in [0.5, 0.6) is 11.5 Å². The molecule has 0 aliphatic carbocycles. The van der Waals surface area contributed by atoms with Gasteiger partial charge >= 0.3 is 0 Å². The molecule has 0 fully saturated rings. The molecule has 118 valence electrons. The van der Waals surface area contributed by atoms with Crippen molar-refractivity contribution in [3.8, 4) is 34.1 Å². The third kappa shape index (κ3) is 2.59. The van der Waals surface area contributed by atoms with Crippen molar-refractivity contribution < 1.29 is 14.7 Å². The highest BCUT2D eigenvalue weighted by Crippen LogP contribution is 2.33. The van der Waals surface area contributed by atoms with Gasteiger partial charge in [0.25, 0.3) is 0 Å². The van der Waals surface area contributed by atoms with Crippen LogP contribution in [-0.2, 0) is 0 Å². The lowest BCUT2D eigenvalue weighted by Gasteiger charge is -2.09. The van der Waals surface area contributed by atoms with E-state index in [9.17, 15) is 5.21 Å². The summed E-state index contributed by atoms with van der Waals surface area (Å²) in [5.41, 5.74) is 2.99. The summed E-state index contributed by atoms with van der Waals surface area (Å²) >= 11 is 0.